The molecule has 4 nitrogen and oxygen atoms in total. The molecule has 1 heterocycles. The van der Waals surface area contributed by atoms with Crippen molar-refractivity contribution in [2.24, 2.45) is 10.4 Å². The quantitative estimate of drug-likeness (QED) is 0.677. The van der Waals surface area contributed by atoms with Crippen LogP contribution in [0.2, 0.25) is 0 Å². The molecule has 0 N–H and O–H groups in total. The number of carbonyl (C=O) groups excluding carboxylic acids is 1. The molecular formula is C13H21N3O. The van der Waals surface area contributed by atoms with E-state index >= 15 is 0 Å². The molecule has 0 bridgehead atoms. The van der Waals surface area contributed by atoms with Crippen LogP contribution in [0.25, 0.3) is 0 Å². The molecule has 0 aromatic rings. The number of amides is 1. The number of allylic oxidation sites excluding steroid dienone is 1. The smallest absolute Gasteiger partial charge is 0.242 e. The average Bonchev–Trinajstić information content (AvgIpc) is 2.22. The Morgan fingerprint density at radius 2 is 2.12 bits per heavy atom. The van der Waals surface area contributed by atoms with Gasteiger partial charge in [0.1, 0.15) is 5.82 Å². The van der Waals surface area contributed by atoms with E-state index in [9.17, 15) is 4.79 Å². The van der Waals surface area contributed by atoms with Crippen LogP contribution < -0.4 is 0 Å². The van der Waals surface area contributed by atoms with E-state index in [4.69, 9.17) is 0 Å². The van der Waals surface area contributed by atoms with Crippen molar-refractivity contribution in [1.82, 2.24) is 9.80 Å². The number of aliphatic imine (C=N–C) groups is 1. The minimum Gasteiger partial charge on any atom is -0.351 e. The van der Waals surface area contributed by atoms with Gasteiger partial charge >= 0.3 is 0 Å². The first-order valence-electron chi connectivity index (χ1n) is 5.68. The lowest BCUT2D eigenvalue weighted by molar-refractivity contribution is -0.141. The lowest BCUT2D eigenvalue weighted by Gasteiger charge is -2.46. The Morgan fingerprint density at radius 3 is 2.59 bits per heavy atom. The van der Waals surface area contributed by atoms with Gasteiger partial charge in [0.05, 0.1) is 6.54 Å². The molecule has 0 atom stereocenters. The monoisotopic (exact) mass is 235 g/mol. The minimum absolute atomic E-state index is 0.127. The number of likely N-dealkylation sites (N-methyl/N-ethyl adjacent to an activating group) is 1. The van der Waals surface area contributed by atoms with Crippen molar-refractivity contribution in [3.8, 4) is 0 Å². The summed E-state index contributed by atoms with van der Waals surface area (Å²) in [5, 5.41) is 0. The van der Waals surface area contributed by atoms with Crippen molar-refractivity contribution in [3.63, 3.8) is 0 Å². The molecule has 1 aliphatic heterocycles. The molecule has 0 radical (unpaired) electrons. The van der Waals surface area contributed by atoms with Gasteiger partial charge in [0, 0.05) is 26.4 Å². The van der Waals surface area contributed by atoms with E-state index in [1.54, 1.807) is 17.2 Å². The summed E-state index contributed by atoms with van der Waals surface area (Å²) < 4.78 is 0. The zero-order chi connectivity index (χ0) is 13.1. The fourth-order valence-corrected chi connectivity index (χ4v) is 1.79. The summed E-state index contributed by atoms with van der Waals surface area (Å²) in [6.07, 6.45) is 3.15. The molecule has 0 aliphatic carbocycles. The van der Waals surface area contributed by atoms with E-state index in [2.05, 4.69) is 32.0 Å². The molecule has 0 saturated carbocycles. The summed E-state index contributed by atoms with van der Waals surface area (Å²) in [5.41, 5.74) is 0.270. The fraction of sp³-hybridized carbons (Fsp3) is 0.538. The maximum atomic E-state index is 11.9. The molecule has 17 heavy (non-hydrogen) atoms. The number of likely N-dealkylation sites (tertiary alicyclic amines) is 1. The average molecular weight is 235 g/mol. The van der Waals surface area contributed by atoms with Gasteiger partial charge in [0.2, 0.25) is 5.91 Å². The van der Waals surface area contributed by atoms with Gasteiger partial charge in [-0.15, -0.1) is 0 Å². The van der Waals surface area contributed by atoms with Gasteiger partial charge in [-0.3, -0.25) is 4.79 Å². The maximum Gasteiger partial charge on any atom is 0.242 e. The van der Waals surface area contributed by atoms with Crippen LogP contribution >= 0.6 is 0 Å². The van der Waals surface area contributed by atoms with Crippen LogP contribution in [-0.2, 0) is 4.79 Å². The van der Waals surface area contributed by atoms with Gasteiger partial charge in [-0.25, -0.2) is 4.99 Å². The summed E-state index contributed by atoms with van der Waals surface area (Å²) >= 11 is 0. The van der Waals surface area contributed by atoms with E-state index in [-0.39, 0.29) is 11.3 Å². The van der Waals surface area contributed by atoms with Crippen molar-refractivity contribution in [1.29, 1.82) is 0 Å². The van der Waals surface area contributed by atoms with Gasteiger partial charge in [-0.2, -0.15) is 0 Å². The number of hydrogen-bond donors (Lipinski definition) is 0. The third-order valence-corrected chi connectivity index (χ3v) is 2.73. The molecule has 94 valence electrons. The van der Waals surface area contributed by atoms with Gasteiger partial charge in [-0.1, -0.05) is 33.1 Å². The molecule has 1 amide bonds. The molecule has 1 saturated heterocycles. The highest BCUT2D eigenvalue weighted by Gasteiger charge is 2.37. The summed E-state index contributed by atoms with van der Waals surface area (Å²) in [5.74, 6) is 0.694. The Morgan fingerprint density at radius 1 is 1.53 bits per heavy atom. The zero-order valence-electron chi connectivity index (χ0n) is 10.9. The van der Waals surface area contributed by atoms with Crippen LogP contribution in [0.5, 0.6) is 0 Å². The van der Waals surface area contributed by atoms with Gasteiger partial charge in [0.15, 0.2) is 0 Å². The van der Waals surface area contributed by atoms with Crippen molar-refractivity contribution in [3.05, 3.63) is 25.1 Å². The van der Waals surface area contributed by atoms with Crippen LogP contribution in [0.15, 0.2) is 30.0 Å². The Balaban J connectivity index is 2.39. The van der Waals surface area contributed by atoms with Crippen molar-refractivity contribution in [2.45, 2.75) is 13.8 Å². The lowest BCUT2D eigenvalue weighted by Crippen LogP contribution is -2.57. The first kappa shape index (κ1) is 13.5. The molecule has 0 aromatic heterocycles. The molecule has 1 aliphatic rings. The standard InChI is InChI=1S/C13H21N3O/c1-6-7-14-11(2)15(5)8-12(17)16-9-13(3,4)10-16/h6-7H,1-2,8-10H2,3-5H3. The normalized spacial score (nSPS) is 17.7. The number of hydrogen-bond acceptors (Lipinski definition) is 3. The van der Waals surface area contributed by atoms with Gasteiger partial charge < -0.3 is 9.80 Å². The van der Waals surface area contributed by atoms with E-state index in [0.29, 0.717) is 12.4 Å². The van der Waals surface area contributed by atoms with E-state index in [1.165, 1.54) is 0 Å². The number of nitrogens with zero attached hydrogens (tertiary/aromatic N) is 3. The molecule has 1 rings (SSSR count). The second-order valence-electron chi connectivity index (χ2n) is 5.20. The van der Waals surface area contributed by atoms with E-state index < -0.39 is 0 Å². The topological polar surface area (TPSA) is 35.9 Å². The predicted molar refractivity (Wildman–Crippen MR) is 70.8 cm³/mol. The summed E-state index contributed by atoms with van der Waals surface area (Å²) in [7, 11) is 1.81. The SMILES string of the molecule is C=CC=NC(=C)N(C)CC(=O)N1CC(C)(C)C1. The fourth-order valence-electron chi connectivity index (χ4n) is 1.79. The van der Waals surface area contributed by atoms with Gasteiger partial charge in [0.25, 0.3) is 0 Å². The summed E-state index contributed by atoms with van der Waals surface area (Å²) in [6.45, 7) is 13.6. The first-order chi connectivity index (χ1) is 7.85. The Labute approximate surface area is 103 Å². The third-order valence-electron chi connectivity index (χ3n) is 2.73. The molecule has 0 unspecified atom stereocenters. The molecule has 1 fully saturated rings. The lowest BCUT2D eigenvalue weighted by atomic mass is 9.84. The largest absolute Gasteiger partial charge is 0.351 e. The Bertz CT molecular complexity index is 350. The minimum atomic E-state index is 0.127. The second kappa shape index (κ2) is 5.17. The molecular weight excluding hydrogens is 214 g/mol. The third kappa shape index (κ3) is 3.73. The van der Waals surface area contributed by atoms with Crippen LogP contribution in [0, 0.1) is 5.41 Å². The summed E-state index contributed by atoms with van der Waals surface area (Å²) in [6, 6.07) is 0. The van der Waals surface area contributed by atoms with Crippen molar-refractivity contribution >= 4 is 12.1 Å². The van der Waals surface area contributed by atoms with Crippen LogP contribution in [0.4, 0.5) is 0 Å². The number of rotatable bonds is 5. The van der Waals surface area contributed by atoms with Crippen molar-refractivity contribution in [2.75, 3.05) is 26.7 Å². The highest BCUT2D eigenvalue weighted by Crippen LogP contribution is 2.28. The van der Waals surface area contributed by atoms with Crippen molar-refractivity contribution < 1.29 is 4.79 Å². The molecule has 0 spiro atoms. The Hall–Kier alpha value is -1.58. The second-order valence-corrected chi connectivity index (χ2v) is 5.20. The highest BCUT2D eigenvalue weighted by molar-refractivity contribution is 5.79. The number of carbonyl (C=O) groups is 1. The van der Waals surface area contributed by atoms with E-state index in [0.717, 1.165) is 13.1 Å². The summed E-state index contributed by atoms with van der Waals surface area (Å²) in [4.78, 5) is 19.5. The van der Waals surface area contributed by atoms with Gasteiger partial charge in [-0.05, 0) is 5.41 Å². The van der Waals surface area contributed by atoms with Crippen LogP contribution in [0.1, 0.15) is 13.8 Å². The zero-order valence-corrected chi connectivity index (χ0v) is 10.9. The Kier molecular flexibility index (Phi) is 4.10. The predicted octanol–water partition coefficient (Wildman–Crippen LogP) is 1.51. The van der Waals surface area contributed by atoms with E-state index in [1.807, 2.05) is 11.9 Å². The molecule has 4 heteroatoms. The first-order valence-corrected chi connectivity index (χ1v) is 5.68. The maximum absolute atomic E-state index is 11.9. The van der Waals surface area contributed by atoms with Crippen LogP contribution in [0.3, 0.4) is 0 Å². The van der Waals surface area contributed by atoms with Crippen LogP contribution in [-0.4, -0.2) is 48.6 Å². The molecule has 0 aromatic carbocycles. The highest BCUT2D eigenvalue weighted by atomic mass is 16.2.